The fourth-order valence-electron chi connectivity index (χ4n) is 3.77. The number of para-hydroxylation sites is 1. The summed E-state index contributed by atoms with van der Waals surface area (Å²) in [4.78, 5) is 5.92. The Morgan fingerprint density at radius 1 is 0.793 bits per heavy atom. The second kappa shape index (κ2) is 7.54. The largest absolute Gasteiger partial charge is 0.349 e. The van der Waals surface area contributed by atoms with Crippen LogP contribution in [-0.2, 0) is 6.42 Å². The third-order valence-electron chi connectivity index (χ3n) is 5.14. The van der Waals surface area contributed by atoms with Crippen LogP contribution in [0.3, 0.4) is 0 Å². The summed E-state index contributed by atoms with van der Waals surface area (Å²) in [5.41, 5.74) is 8.64. The molecular weight excluding hydrogens is 440 g/mol. The van der Waals surface area contributed by atoms with E-state index in [4.69, 9.17) is 17.2 Å². The number of fused-ring (bicyclic) bond motifs is 3. The van der Waals surface area contributed by atoms with Crippen LogP contribution in [-0.4, -0.2) is 9.97 Å². The predicted octanol–water partition coefficient (Wildman–Crippen LogP) is 7.14. The highest BCUT2D eigenvalue weighted by atomic mass is 79.9. The van der Waals surface area contributed by atoms with Crippen molar-refractivity contribution < 1.29 is 0 Å². The number of benzene rings is 3. The molecule has 1 N–H and O–H groups in total. The third kappa shape index (κ3) is 3.50. The number of nitrogens with one attached hydrogen (secondary N) is 1. The van der Waals surface area contributed by atoms with Crippen LogP contribution >= 0.6 is 28.1 Å². The smallest absolute Gasteiger partial charge is 0.0842 e. The van der Waals surface area contributed by atoms with Crippen molar-refractivity contribution in [3.05, 3.63) is 95.0 Å². The fraction of sp³-hybridized carbons (Fsp3) is 0.0400. The summed E-state index contributed by atoms with van der Waals surface area (Å²) >= 11 is 9.20. The predicted molar refractivity (Wildman–Crippen MR) is 128 cm³/mol. The van der Waals surface area contributed by atoms with Crippen LogP contribution in [0.15, 0.2) is 89.4 Å². The highest BCUT2D eigenvalue weighted by Crippen LogP contribution is 2.40. The summed E-state index contributed by atoms with van der Waals surface area (Å²) in [5.74, 6) is 0. The molecule has 2 heterocycles. The maximum Gasteiger partial charge on any atom is 0.0842 e. The van der Waals surface area contributed by atoms with Crippen molar-refractivity contribution in [2.45, 2.75) is 6.42 Å². The second-order valence-electron chi connectivity index (χ2n) is 7.03. The van der Waals surface area contributed by atoms with Crippen molar-refractivity contribution in [1.82, 2.24) is 4.98 Å². The van der Waals surface area contributed by atoms with Gasteiger partial charge in [-0.05, 0) is 41.0 Å². The van der Waals surface area contributed by atoms with Gasteiger partial charge in [-0.25, -0.2) is 4.98 Å². The van der Waals surface area contributed by atoms with Crippen LogP contribution in [0.1, 0.15) is 5.56 Å². The average molecular weight is 457 g/mol. The summed E-state index contributed by atoms with van der Waals surface area (Å²) in [6.07, 6.45) is 0.660. The number of rotatable bonds is 2. The van der Waals surface area contributed by atoms with Crippen molar-refractivity contribution in [2.75, 3.05) is 5.32 Å². The Morgan fingerprint density at radius 2 is 1.52 bits per heavy atom. The number of hydrogen-bond donors (Lipinski definition) is 1. The molecule has 0 amide bonds. The lowest BCUT2D eigenvalue weighted by Crippen LogP contribution is -2.10. The normalized spacial score (nSPS) is 12.5. The number of halogens is 1. The molecule has 0 atom stereocenters. The van der Waals surface area contributed by atoms with E-state index in [-0.39, 0.29) is 0 Å². The molecule has 1 aliphatic heterocycles. The highest BCUT2D eigenvalue weighted by Gasteiger charge is 2.22. The summed E-state index contributed by atoms with van der Waals surface area (Å²) in [6, 6.07) is 29.2. The zero-order chi connectivity index (χ0) is 19.8. The molecule has 1 aromatic heterocycles. The first-order valence-electron chi connectivity index (χ1n) is 9.43. The Hall–Kier alpha value is -2.82. The van der Waals surface area contributed by atoms with Crippen molar-refractivity contribution in [1.29, 1.82) is 0 Å². The minimum atomic E-state index is 0.660. The SMILES string of the molecule is S=C1Cc2c(-c3ccc(Br)cc3)cc(-c3ccccc3)nc2-c2ccccc2N1. The van der Waals surface area contributed by atoms with Crippen LogP contribution in [0, 0.1) is 0 Å². The lowest BCUT2D eigenvalue weighted by molar-refractivity contribution is 1.24. The minimum absolute atomic E-state index is 0.660. The zero-order valence-electron chi connectivity index (χ0n) is 15.5. The van der Waals surface area contributed by atoms with E-state index in [2.05, 4.69) is 81.9 Å². The average Bonchev–Trinajstić information content (AvgIpc) is 2.90. The molecule has 0 spiro atoms. The van der Waals surface area contributed by atoms with Gasteiger partial charge in [0.1, 0.15) is 0 Å². The highest BCUT2D eigenvalue weighted by molar-refractivity contribution is 9.10. The van der Waals surface area contributed by atoms with Crippen molar-refractivity contribution >= 4 is 38.8 Å². The van der Waals surface area contributed by atoms with Crippen LogP contribution in [0.5, 0.6) is 0 Å². The Kier molecular flexibility index (Phi) is 4.74. The molecule has 0 saturated carbocycles. The first-order chi connectivity index (χ1) is 14.2. The van der Waals surface area contributed by atoms with E-state index in [1.165, 1.54) is 5.56 Å². The molecule has 29 heavy (non-hydrogen) atoms. The molecule has 140 valence electrons. The molecule has 0 aliphatic carbocycles. The molecule has 0 fully saturated rings. The van der Waals surface area contributed by atoms with E-state index in [0.29, 0.717) is 6.42 Å². The molecule has 1 aliphatic rings. The number of thiocarbonyl (C=S) groups is 1. The van der Waals surface area contributed by atoms with E-state index < -0.39 is 0 Å². The van der Waals surface area contributed by atoms with Gasteiger partial charge < -0.3 is 5.32 Å². The standard InChI is InChI=1S/C25H17BrN2S/c26-18-12-10-16(11-13-18)20-14-23(17-6-2-1-3-7-17)28-25-19-8-4-5-9-22(19)27-24(29)15-21(20)25/h1-14H,15H2,(H,27,29). The maximum atomic E-state index is 5.65. The third-order valence-corrected chi connectivity index (χ3v) is 5.92. The molecule has 0 saturated heterocycles. The Bertz CT molecular complexity index is 1220. The molecule has 3 aromatic carbocycles. The minimum Gasteiger partial charge on any atom is -0.349 e. The number of anilines is 1. The number of nitrogens with zero attached hydrogens (tertiary/aromatic N) is 1. The van der Waals surface area contributed by atoms with Crippen LogP contribution < -0.4 is 5.32 Å². The molecule has 0 radical (unpaired) electrons. The number of hydrogen-bond acceptors (Lipinski definition) is 2. The Labute approximate surface area is 183 Å². The topological polar surface area (TPSA) is 24.9 Å². The molecule has 0 bridgehead atoms. The molecule has 4 heteroatoms. The van der Waals surface area contributed by atoms with Gasteiger partial charge >= 0.3 is 0 Å². The van der Waals surface area contributed by atoms with E-state index in [0.717, 1.165) is 48.8 Å². The lowest BCUT2D eigenvalue weighted by Gasteiger charge is -2.16. The zero-order valence-corrected chi connectivity index (χ0v) is 17.9. The van der Waals surface area contributed by atoms with E-state index in [9.17, 15) is 0 Å². The van der Waals surface area contributed by atoms with Gasteiger partial charge in [-0.3, -0.25) is 0 Å². The first-order valence-corrected chi connectivity index (χ1v) is 10.6. The molecule has 2 nitrogen and oxygen atoms in total. The lowest BCUT2D eigenvalue weighted by atomic mass is 9.92. The molecule has 0 unspecified atom stereocenters. The summed E-state index contributed by atoms with van der Waals surface area (Å²) < 4.78 is 1.06. The van der Waals surface area contributed by atoms with Crippen LogP contribution in [0.4, 0.5) is 5.69 Å². The number of aromatic nitrogens is 1. The maximum absolute atomic E-state index is 5.65. The van der Waals surface area contributed by atoms with Gasteiger partial charge in [-0.2, -0.15) is 0 Å². The van der Waals surface area contributed by atoms with Gasteiger partial charge in [-0.15, -0.1) is 0 Å². The Balaban J connectivity index is 1.84. The van der Waals surface area contributed by atoms with Crippen LogP contribution in [0.25, 0.3) is 33.6 Å². The van der Waals surface area contributed by atoms with Gasteiger partial charge in [0.05, 0.1) is 16.4 Å². The summed E-state index contributed by atoms with van der Waals surface area (Å²) in [6.45, 7) is 0. The second-order valence-corrected chi connectivity index (χ2v) is 8.43. The quantitative estimate of drug-likeness (QED) is 0.324. The summed E-state index contributed by atoms with van der Waals surface area (Å²) in [5, 5.41) is 3.40. The van der Waals surface area contributed by atoms with Crippen molar-refractivity contribution in [3.63, 3.8) is 0 Å². The molecular formula is C25H17BrN2S. The first kappa shape index (κ1) is 18.2. The van der Waals surface area contributed by atoms with Crippen molar-refractivity contribution in [3.8, 4) is 33.6 Å². The molecule has 5 rings (SSSR count). The van der Waals surface area contributed by atoms with Gasteiger partial charge in [0.25, 0.3) is 0 Å². The van der Waals surface area contributed by atoms with Crippen LogP contribution in [0.2, 0.25) is 0 Å². The van der Waals surface area contributed by atoms with Gasteiger partial charge in [0.2, 0.25) is 0 Å². The number of pyridine rings is 1. The van der Waals surface area contributed by atoms with E-state index in [1.807, 2.05) is 24.3 Å². The summed E-state index contributed by atoms with van der Waals surface area (Å²) in [7, 11) is 0. The van der Waals surface area contributed by atoms with Crippen molar-refractivity contribution in [2.24, 2.45) is 0 Å². The monoisotopic (exact) mass is 456 g/mol. The Morgan fingerprint density at radius 3 is 2.31 bits per heavy atom. The van der Waals surface area contributed by atoms with Gasteiger partial charge in [0.15, 0.2) is 0 Å². The van der Waals surface area contributed by atoms with Gasteiger partial charge in [-0.1, -0.05) is 88.8 Å². The fourth-order valence-corrected chi connectivity index (χ4v) is 4.29. The molecule has 4 aromatic rings. The van der Waals surface area contributed by atoms with Gasteiger partial charge in [0, 0.05) is 27.7 Å². The van der Waals surface area contributed by atoms with E-state index in [1.54, 1.807) is 0 Å². The van der Waals surface area contributed by atoms with E-state index >= 15 is 0 Å².